The second kappa shape index (κ2) is 15.7. The van der Waals surface area contributed by atoms with Crippen molar-refractivity contribution in [1.82, 2.24) is 0 Å². The van der Waals surface area contributed by atoms with Gasteiger partial charge < -0.3 is 9.84 Å². The van der Waals surface area contributed by atoms with E-state index < -0.39 is 0 Å². The van der Waals surface area contributed by atoms with E-state index in [1.165, 1.54) is 51.3 Å². The summed E-state index contributed by atoms with van der Waals surface area (Å²) in [4.78, 5) is 11.9. The highest BCUT2D eigenvalue weighted by molar-refractivity contribution is 9.10. The van der Waals surface area contributed by atoms with Gasteiger partial charge in [0.15, 0.2) is 0 Å². The topological polar surface area (TPSA) is 46.5 Å². The lowest BCUT2D eigenvalue weighted by atomic mass is 9.96. The molecule has 0 aliphatic rings. The van der Waals surface area contributed by atoms with E-state index in [1.54, 1.807) is 0 Å². The van der Waals surface area contributed by atoms with Gasteiger partial charge in [0.2, 0.25) is 0 Å². The van der Waals surface area contributed by atoms with Crippen LogP contribution < -0.4 is 0 Å². The van der Waals surface area contributed by atoms with Crippen molar-refractivity contribution in [3.63, 3.8) is 0 Å². The van der Waals surface area contributed by atoms with Gasteiger partial charge in [-0.05, 0) is 126 Å². The van der Waals surface area contributed by atoms with Crippen molar-refractivity contribution in [2.24, 2.45) is 0 Å². The Labute approximate surface area is 288 Å². The molecule has 0 amide bonds. The molecule has 0 unspecified atom stereocenters. The van der Waals surface area contributed by atoms with Gasteiger partial charge in [0.05, 0.1) is 19.3 Å². The quantitative estimate of drug-likeness (QED) is 0.158. The Morgan fingerprint density at radius 1 is 0.609 bits per heavy atom. The van der Waals surface area contributed by atoms with E-state index in [4.69, 9.17) is 4.74 Å². The van der Waals surface area contributed by atoms with Crippen LogP contribution in [0.1, 0.15) is 63.1 Å². The largest absolute Gasteiger partial charge is 0.465 e. The number of carbonyl (C=O) groups is 1. The smallest absolute Gasteiger partial charge is 0.339 e. The molecule has 1 N–H and O–H groups in total. The third kappa shape index (κ3) is 7.95. The van der Waals surface area contributed by atoms with Gasteiger partial charge >= 0.3 is 5.97 Å². The van der Waals surface area contributed by atoms with Crippen LogP contribution in [-0.4, -0.2) is 18.2 Å². The maximum Gasteiger partial charge on any atom is 0.339 e. The number of benzene rings is 6. The van der Waals surface area contributed by atoms with Gasteiger partial charge in [0.1, 0.15) is 0 Å². The summed E-state index contributed by atoms with van der Waals surface area (Å²) in [6.45, 7) is 4.39. The van der Waals surface area contributed by atoms with Crippen molar-refractivity contribution in [1.29, 1.82) is 0 Å². The molecule has 0 aromatic heterocycles. The molecule has 234 valence electrons. The Morgan fingerprint density at radius 2 is 1.07 bits per heavy atom. The number of aliphatic hydroxyl groups is 1. The zero-order chi connectivity index (χ0) is 32.6. The zero-order valence-electron chi connectivity index (χ0n) is 26.4. The molecule has 0 heterocycles. The third-order valence-corrected chi connectivity index (χ3v) is 9.82. The standard InChI is InChI=1S/C21H19BrO2.C20H19BrO/c1-3-14-7-9-15(10-8-14)11-16-5-4-6-17-12-19(21(23)24-2)20(22)13-18(16)17;1-2-14-6-8-15(9-7-14)10-16-4-3-5-17-11-18(13-22)20(21)12-19(16)17/h4-10,12-13H,3,11H2,1-2H3;3-9,11-12,22H,2,10,13H2,1H3. The Kier molecular flexibility index (Phi) is 11.5. The van der Waals surface area contributed by atoms with E-state index in [1.807, 2.05) is 24.3 Å². The number of carbonyl (C=O) groups excluding carboxylic acids is 1. The monoisotopic (exact) mass is 736 g/mol. The maximum atomic E-state index is 11.9. The molecular weight excluding hydrogens is 700 g/mol. The fourth-order valence-corrected chi connectivity index (χ4v) is 6.67. The van der Waals surface area contributed by atoms with Crippen molar-refractivity contribution in [3.05, 3.63) is 163 Å². The minimum absolute atomic E-state index is 0.0548. The van der Waals surface area contributed by atoms with E-state index >= 15 is 0 Å². The molecule has 0 atom stereocenters. The normalized spacial score (nSPS) is 10.9. The summed E-state index contributed by atoms with van der Waals surface area (Å²) in [5.41, 5.74) is 9.37. The molecular formula is C41H38Br2O3. The summed E-state index contributed by atoms with van der Waals surface area (Å²) >= 11 is 7.05. The molecule has 3 nitrogen and oxygen atoms in total. The second-order valence-electron chi connectivity index (χ2n) is 11.4. The molecule has 46 heavy (non-hydrogen) atoms. The number of rotatable bonds is 8. The third-order valence-electron chi connectivity index (χ3n) is 8.42. The lowest BCUT2D eigenvalue weighted by Gasteiger charge is -2.10. The molecule has 0 aliphatic heterocycles. The predicted molar refractivity (Wildman–Crippen MR) is 198 cm³/mol. The summed E-state index contributed by atoms with van der Waals surface area (Å²) in [5, 5.41) is 14.0. The summed E-state index contributed by atoms with van der Waals surface area (Å²) in [6.07, 6.45) is 3.92. The van der Waals surface area contributed by atoms with Gasteiger partial charge in [-0.1, -0.05) is 115 Å². The van der Waals surface area contributed by atoms with Gasteiger partial charge in [0.25, 0.3) is 0 Å². The Bertz CT molecular complexity index is 1960. The van der Waals surface area contributed by atoms with Crippen LogP contribution in [0.25, 0.3) is 21.5 Å². The minimum atomic E-state index is -0.329. The van der Waals surface area contributed by atoms with Gasteiger partial charge in [-0.25, -0.2) is 4.79 Å². The molecule has 0 bridgehead atoms. The molecule has 5 heteroatoms. The SMILES string of the molecule is CCc1ccc(Cc2cccc3cc(C(=O)OC)c(Br)cc23)cc1.CCc1ccc(Cc2cccc3cc(CO)c(Br)cc23)cc1. The summed E-state index contributed by atoms with van der Waals surface area (Å²) in [6, 6.07) is 38.3. The number of halogens is 2. The average Bonchev–Trinajstić information content (AvgIpc) is 3.09. The highest BCUT2D eigenvalue weighted by Crippen LogP contribution is 2.30. The molecule has 6 aromatic rings. The van der Waals surface area contributed by atoms with E-state index in [0.717, 1.165) is 51.0 Å². The van der Waals surface area contributed by atoms with Gasteiger partial charge in [0, 0.05) is 8.95 Å². The number of hydrogen-bond donors (Lipinski definition) is 1. The Hall–Kier alpha value is -3.77. The fraction of sp³-hybridized carbons (Fsp3) is 0.195. The first-order valence-electron chi connectivity index (χ1n) is 15.6. The van der Waals surface area contributed by atoms with Crippen LogP contribution in [0.2, 0.25) is 0 Å². The van der Waals surface area contributed by atoms with Gasteiger partial charge in [-0.15, -0.1) is 0 Å². The summed E-state index contributed by atoms with van der Waals surface area (Å²) < 4.78 is 6.57. The van der Waals surface area contributed by atoms with Crippen LogP contribution in [0.5, 0.6) is 0 Å². The van der Waals surface area contributed by atoms with Gasteiger partial charge in [-0.2, -0.15) is 0 Å². The number of methoxy groups -OCH3 is 1. The zero-order valence-corrected chi connectivity index (χ0v) is 29.6. The van der Waals surface area contributed by atoms with Gasteiger partial charge in [-0.3, -0.25) is 0 Å². The fourth-order valence-electron chi connectivity index (χ4n) is 5.70. The van der Waals surface area contributed by atoms with Crippen LogP contribution >= 0.6 is 31.9 Å². The van der Waals surface area contributed by atoms with Crippen LogP contribution in [0.15, 0.2) is 118 Å². The summed E-state index contributed by atoms with van der Waals surface area (Å²) in [5.74, 6) is -0.329. The number of fused-ring (bicyclic) bond motifs is 2. The van der Waals surface area contributed by atoms with E-state index in [9.17, 15) is 9.90 Å². The highest BCUT2D eigenvalue weighted by Gasteiger charge is 2.13. The Balaban J connectivity index is 0.000000182. The molecule has 0 saturated heterocycles. The number of aliphatic hydroxyl groups excluding tert-OH is 1. The first-order valence-corrected chi connectivity index (χ1v) is 17.2. The number of aryl methyl sites for hydroxylation is 2. The predicted octanol–water partition coefficient (Wildman–Crippen LogP) is 10.8. The van der Waals surface area contributed by atoms with Crippen molar-refractivity contribution in [3.8, 4) is 0 Å². The molecule has 6 aromatic carbocycles. The van der Waals surface area contributed by atoms with Crippen LogP contribution in [0.3, 0.4) is 0 Å². The molecule has 0 spiro atoms. The van der Waals surface area contributed by atoms with Crippen LogP contribution in [0, 0.1) is 0 Å². The van der Waals surface area contributed by atoms with Crippen molar-refractivity contribution in [2.75, 3.05) is 7.11 Å². The minimum Gasteiger partial charge on any atom is -0.465 e. The van der Waals surface area contributed by atoms with Crippen molar-refractivity contribution >= 4 is 59.4 Å². The maximum absolute atomic E-state index is 11.9. The molecule has 0 saturated carbocycles. The number of hydrogen-bond acceptors (Lipinski definition) is 3. The molecule has 0 aliphatic carbocycles. The van der Waals surface area contributed by atoms with E-state index in [-0.39, 0.29) is 12.6 Å². The molecule has 0 radical (unpaired) electrons. The van der Waals surface area contributed by atoms with Crippen molar-refractivity contribution < 1.29 is 14.6 Å². The summed E-state index contributed by atoms with van der Waals surface area (Å²) in [7, 11) is 1.40. The molecule has 6 rings (SSSR count). The first kappa shape index (κ1) is 33.6. The second-order valence-corrected chi connectivity index (χ2v) is 13.1. The van der Waals surface area contributed by atoms with E-state index in [2.05, 4.69) is 131 Å². The first-order chi connectivity index (χ1) is 22.3. The average molecular weight is 739 g/mol. The lowest BCUT2D eigenvalue weighted by molar-refractivity contribution is 0.0600. The highest BCUT2D eigenvalue weighted by atomic mass is 79.9. The van der Waals surface area contributed by atoms with Crippen LogP contribution in [-0.2, 0) is 37.0 Å². The molecule has 0 fully saturated rings. The number of esters is 1. The van der Waals surface area contributed by atoms with Crippen LogP contribution in [0.4, 0.5) is 0 Å². The van der Waals surface area contributed by atoms with E-state index in [0.29, 0.717) is 5.56 Å². The number of ether oxygens (including phenoxy) is 1. The Morgan fingerprint density at radius 3 is 1.52 bits per heavy atom. The lowest BCUT2D eigenvalue weighted by Crippen LogP contribution is -2.02. The van der Waals surface area contributed by atoms with Crippen molar-refractivity contribution in [2.45, 2.75) is 46.1 Å².